The van der Waals surface area contributed by atoms with Crippen molar-refractivity contribution in [1.82, 2.24) is 10.3 Å². The average molecular weight is 2190 g/mol. The van der Waals surface area contributed by atoms with E-state index >= 15 is 0 Å². The molecule has 0 bridgehead atoms. The molecule has 146 heavy (non-hydrogen) atoms. The number of aromatic nitrogens is 1. The van der Waals surface area contributed by atoms with Crippen molar-refractivity contribution in [1.29, 1.82) is 0 Å². The van der Waals surface area contributed by atoms with Crippen LogP contribution in [-0.2, 0) is 85.5 Å². The van der Waals surface area contributed by atoms with Crippen molar-refractivity contribution in [3.05, 3.63) is 140 Å². The van der Waals surface area contributed by atoms with Gasteiger partial charge in [0, 0.05) is 29.1 Å². The number of ether oxygens (including phenoxy) is 6. The Morgan fingerprint density at radius 3 is 1.21 bits per heavy atom. The van der Waals surface area contributed by atoms with E-state index in [1.165, 1.54) is 94.9 Å². The average Bonchev–Trinajstić information content (AvgIpc) is 0.861. The highest BCUT2D eigenvalue weighted by molar-refractivity contribution is 7.98. The first-order valence-corrected chi connectivity index (χ1v) is 66.0. The van der Waals surface area contributed by atoms with E-state index < -0.39 is 72.9 Å². The number of sulfone groups is 5. The molecule has 0 amide bonds. The van der Waals surface area contributed by atoms with Crippen LogP contribution in [0.25, 0.3) is 0 Å². The van der Waals surface area contributed by atoms with E-state index in [9.17, 15) is 51.3 Å². The van der Waals surface area contributed by atoms with Crippen LogP contribution < -0.4 is 29.0 Å². The Balaban J connectivity index is 0.000000279. The monoisotopic (exact) mass is 2190 g/mol. The fraction of sp³-hybridized carbons (Fsp3) is 0.746. The van der Waals surface area contributed by atoms with E-state index in [0.717, 1.165) is 230 Å². The summed E-state index contributed by atoms with van der Waals surface area (Å²) in [7, 11) is -10.4. The van der Waals surface area contributed by atoms with Crippen LogP contribution in [0.1, 0.15) is 401 Å². The molecule has 19 nitrogen and oxygen atoms in total. The van der Waals surface area contributed by atoms with Gasteiger partial charge in [-0.1, -0.05) is 204 Å². The van der Waals surface area contributed by atoms with Gasteiger partial charge in [-0.15, -0.1) is 0 Å². The van der Waals surface area contributed by atoms with Crippen molar-refractivity contribution >= 4 is 90.1 Å². The van der Waals surface area contributed by atoms with E-state index in [0.29, 0.717) is 150 Å². The summed E-state index contributed by atoms with van der Waals surface area (Å²) >= 11 is 14.0. The Hall–Kier alpha value is -4.93. The first-order chi connectivity index (χ1) is 69.0. The Morgan fingerprint density at radius 1 is 0.397 bits per heavy atom. The van der Waals surface area contributed by atoms with Gasteiger partial charge in [0.05, 0.1) is 98.7 Å². The molecule has 5 aliphatic rings. The number of thioether (sulfide) groups is 1. The number of unbranched alkanes of at least 4 members (excludes halogenated alkanes) is 3. The molecule has 5 aromatic rings. The second-order valence-corrected chi connectivity index (χ2v) is 60.9. The molecule has 0 aliphatic heterocycles. The molecular weight excluding hydrogens is 2000 g/mol. The molecule has 5 saturated carbocycles. The maximum atomic E-state index is 13.8. The summed E-state index contributed by atoms with van der Waals surface area (Å²) < 4.78 is 170. The van der Waals surface area contributed by atoms with E-state index in [1.54, 1.807) is 44.2 Å². The summed E-state index contributed by atoms with van der Waals surface area (Å²) in [5.41, 5.74) is 5.80. The minimum atomic E-state index is -3.06. The molecule has 0 atom stereocenters. The van der Waals surface area contributed by atoms with Crippen molar-refractivity contribution in [2.45, 2.75) is 417 Å². The second kappa shape index (κ2) is 63.8. The van der Waals surface area contributed by atoms with Gasteiger partial charge in [-0.25, -0.2) is 56.3 Å². The number of nitrogens with zero attached hydrogens (tertiary/aromatic N) is 1. The van der Waals surface area contributed by atoms with Gasteiger partial charge in [0.2, 0.25) is 5.88 Å². The zero-order valence-electron chi connectivity index (χ0n) is 93.7. The van der Waals surface area contributed by atoms with Gasteiger partial charge in [-0.05, 0) is 379 Å². The molecule has 0 radical (unpaired) electrons. The largest absolute Gasteiger partial charge is 0.493 e. The van der Waals surface area contributed by atoms with Gasteiger partial charge in [-0.3, -0.25) is 0 Å². The molecule has 1 aromatic heterocycles. The van der Waals surface area contributed by atoms with E-state index in [4.69, 9.17) is 51.6 Å². The summed E-state index contributed by atoms with van der Waals surface area (Å²) in [4.78, 5) is 16.5. The number of halogens is 3. The Kier molecular flexibility index (Phi) is 56.7. The van der Waals surface area contributed by atoms with Crippen molar-refractivity contribution in [2.24, 2.45) is 59.2 Å². The van der Waals surface area contributed by atoms with E-state index in [2.05, 4.69) is 28.5 Å². The summed E-state index contributed by atoms with van der Waals surface area (Å²) in [5, 5.41) is 4.72. The van der Waals surface area contributed by atoms with Crippen LogP contribution in [-0.4, -0.2) is 159 Å². The number of esters is 1. The SMILES string of the molecule is CCC(C)(C)S(=O)(=O)CC1CCC(CCCCNCc2ccc(OC)c(OC)c2)CC1.CCC(C)(C)S(=O)(=O)CC1CCC(CCCCSCc2ccc(Cl)cc2F)CC1.CCCOc1cc(CCC2CCC(CS(=O)(=O)C(C)(C)CC)CC2)ccc1C(=O)OC.CCOc1cccc(CCC2CCC(CS(=O)(=O)C(C)(C)CC)CC2)n1.CCOc1cccc(CCCCC2CCC(CS(=O)(=O)C(C)(C)CC)CC2)c1Cl. The number of carbonyl (C=O) groups excluding carboxylic acids is 1. The number of rotatable bonds is 55. The fourth-order valence-corrected chi connectivity index (χ4v) is 30.9. The zero-order chi connectivity index (χ0) is 108. The third-order valence-corrected chi connectivity index (χ3v) is 49.4. The summed E-state index contributed by atoms with van der Waals surface area (Å²) in [6.07, 6.45) is 42.1. The standard InChI is InChI=1S/C25H43NO4S.C25H40O5S.C24H39ClO3S.C23H36ClFO2S2.C21H35NO3S/c1-6-25(2,3)31(27,28)19-21-12-10-20(11-13-21)9-7-8-16-26-18-22-14-15-23(29-4)24(17-22)30-5;1-6-16-30-23-17-20(14-15-22(23)24(26)29-5)11-8-19-9-12-21(13-10-19)18-31(27,28)25(3,4)7-2;1-5-24(3,4)29(26,27)18-20-16-14-19(15-17-20)10-7-8-11-21-12-9-13-22(23(21)25)28-6-2;1-4-23(2,3)29(26,27)17-19-10-8-18(9-11-19)7-5-6-14-28-16-20-12-13-21(24)15-22(20)25;1-5-21(3,4)26(23,24)16-18-12-10-17(11-13-18)14-15-19-8-7-9-20(22-19)25-6-2/h14-15,17,20-21,26H,6-13,16,18-19H2,1-5H3;14-15,17,19,21H,6-13,16,18H2,1-5H3;9,12-13,19-20H,5-8,10-11,14-18H2,1-4H3;12-13,15,18-19H,4-11,14,16-17H2,1-3H3;7-9,17-18H,5-6,10-16H2,1-4H3. The van der Waals surface area contributed by atoms with Gasteiger partial charge < -0.3 is 33.7 Å². The molecule has 1 N–H and O–H groups in total. The summed E-state index contributed by atoms with van der Waals surface area (Å²) in [6.45, 7) is 38.0. The van der Waals surface area contributed by atoms with Crippen LogP contribution >= 0.6 is 35.0 Å². The number of benzene rings is 4. The predicted octanol–water partition coefficient (Wildman–Crippen LogP) is 30.0. The number of hydrogen-bond acceptors (Lipinski definition) is 20. The molecule has 0 saturated heterocycles. The van der Waals surface area contributed by atoms with Crippen LogP contribution in [0.3, 0.4) is 0 Å². The van der Waals surface area contributed by atoms with Gasteiger partial charge in [0.15, 0.2) is 60.7 Å². The number of carbonyl (C=O) groups is 1. The van der Waals surface area contributed by atoms with Gasteiger partial charge in [-0.2, -0.15) is 11.8 Å². The lowest BCUT2D eigenvalue weighted by Gasteiger charge is -2.31. The lowest BCUT2D eigenvalue weighted by Crippen LogP contribution is -2.36. The third kappa shape index (κ3) is 43.1. The Labute approximate surface area is 901 Å². The van der Waals surface area contributed by atoms with Crippen LogP contribution in [0.2, 0.25) is 10.0 Å². The quantitative estimate of drug-likeness (QED) is 0.0280. The minimum absolute atomic E-state index is 0.217. The molecule has 0 spiro atoms. The maximum Gasteiger partial charge on any atom is 0.341 e. The topological polar surface area (TPSA) is 268 Å². The molecule has 5 aliphatic carbocycles. The van der Waals surface area contributed by atoms with E-state index in [1.807, 2.05) is 173 Å². The van der Waals surface area contributed by atoms with Crippen molar-refractivity contribution in [3.8, 4) is 28.9 Å². The van der Waals surface area contributed by atoms with Crippen molar-refractivity contribution < 1.29 is 79.7 Å². The first-order valence-electron chi connectivity index (χ1n) is 55.8. The van der Waals surface area contributed by atoms with Crippen LogP contribution in [0, 0.1) is 65.0 Å². The molecule has 28 heteroatoms. The van der Waals surface area contributed by atoms with Gasteiger partial charge in [0.1, 0.15) is 22.9 Å². The minimum Gasteiger partial charge on any atom is -0.493 e. The first kappa shape index (κ1) is 130. The Bertz CT molecular complexity index is 5230. The van der Waals surface area contributed by atoms with Crippen molar-refractivity contribution in [2.75, 3.05) is 82.2 Å². The number of aryl methyl sites for hydroxylation is 3. The molecule has 0 unspecified atom stereocenters. The lowest BCUT2D eigenvalue weighted by molar-refractivity contribution is 0.0595. The molecule has 1 heterocycles. The van der Waals surface area contributed by atoms with E-state index in [-0.39, 0.29) is 11.8 Å². The normalized spacial score (nSPS) is 20.5. The van der Waals surface area contributed by atoms with Crippen LogP contribution in [0.4, 0.5) is 4.39 Å². The molecular formula is C118H193Cl2FN2O17S6. The van der Waals surface area contributed by atoms with Crippen LogP contribution in [0.5, 0.6) is 28.9 Å². The smallest absolute Gasteiger partial charge is 0.341 e. The molecule has 5 fully saturated rings. The van der Waals surface area contributed by atoms with Gasteiger partial charge in [0.25, 0.3) is 0 Å². The number of nitrogens with one attached hydrogen (secondary N) is 1. The number of hydrogen-bond donors (Lipinski definition) is 1. The zero-order valence-corrected chi connectivity index (χ0v) is 100. The summed E-state index contributed by atoms with van der Waals surface area (Å²) in [6, 6.07) is 28.7. The highest BCUT2D eigenvalue weighted by Crippen LogP contribution is 2.43. The number of methoxy groups -OCH3 is 3. The molecule has 834 valence electrons. The third-order valence-electron chi connectivity index (χ3n) is 33.3. The van der Waals surface area contributed by atoms with Crippen LogP contribution in [0.15, 0.2) is 91.0 Å². The molecule has 10 rings (SSSR count). The highest BCUT2D eigenvalue weighted by atomic mass is 35.5. The van der Waals surface area contributed by atoms with Gasteiger partial charge >= 0.3 is 5.97 Å². The Morgan fingerprint density at radius 2 is 0.795 bits per heavy atom. The number of pyridine rings is 1. The molecule has 4 aromatic carbocycles. The maximum absolute atomic E-state index is 13.8. The lowest BCUT2D eigenvalue weighted by atomic mass is 9.80. The second-order valence-electron chi connectivity index (χ2n) is 45.6. The van der Waals surface area contributed by atoms with Crippen molar-refractivity contribution in [3.63, 3.8) is 0 Å². The summed E-state index contributed by atoms with van der Waals surface area (Å²) in [5.74, 6) is 11.8. The highest BCUT2D eigenvalue weighted by Gasteiger charge is 2.42. The fourth-order valence-electron chi connectivity index (χ4n) is 20.2. The predicted molar refractivity (Wildman–Crippen MR) is 610 cm³/mol.